The van der Waals surface area contributed by atoms with Gasteiger partial charge in [0, 0.05) is 40.0 Å². The Hall–Kier alpha value is -0.550. The molecule has 0 aromatic rings. The van der Waals surface area contributed by atoms with E-state index in [1.54, 1.807) is 6.26 Å². The van der Waals surface area contributed by atoms with Gasteiger partial charge in [0.05, 0.1) is 0 Å². The first-order valence-electron chi connectivity index (χ1n) is 6.34. The van der Waals surface area contributed by atoms with E-state index in [9.17, 15) is 9.00 Å². The summed E-state index contributed by atoms with van der Waals surface area (Å²) in [5.41, 5.74) is -0.506. The van der Waals surface area contributed by atoms with E-state index < -0.39 is 9.71 Å². The third-order valence-electron chi connectivity index (χ3n) is 3.26. The highest BCUT2D eigenvalue weighted by Crippen LogP contribution is 2.26. The van der Waals surface area contributed by atoms with E-state index in [1.807, 2.05) is 25.7 Å². The van der Waals surface area contributed by atoms with Crippen LogP contribution in [0.1, 0.15) is 40.5 Å². The maximum Gasteiger partial charge on any atom is 0.227 e. The molecule has 1 amide bonds. The molecule has 1 unspecified atom stereocenters. The quantitative estimate of drug-likeness (QED) is 0.771. The number of piperidine rings is 1. The molecule has 1 saturated heterocycles. The van der Waals surface area contributed by atoms with Crippen molar-refractivity contribution in [1.82, 2.24) is 9.62 Å². The number of hydrogen-bond donors (Lipinski definition) is 1. The van der Waals surface area contributed by atoms with Gasteiger partial charge in [-0.3, -0.25) is 9.00 Å². The average Bonchev–Trinajstić information content (AvgIpc) is 2.13. The molecule has 5 heteroatoms. The van der Waals surface area contributed by atoms with Crippen molar-refractivity contribution in [2.75, 3.05) is 19.3 Å². The molecule has 0 aliphatic carbocycles. The first-order chi connectivity index (χ1) is 7.93. The molecular formula is C13H26N2O2S. The Morgan fingerprint density at radius 1 is 1.33 bits per heavy atom. The molecule has 0 spiro atoms. The summed E-state index contributed by atoms with van der Waals surface area (Å²) in [6.07, 6.45) is 3.25. The lowest BCUT2D eigenvalue weighted by molar-refractivity contribution is -0.141. The van der Waals surface area contributed by atoms with Crippen LogP contribution >= 0.6 is 0 Å². The fraction of sp³-hybridized carbons (Fsp3) is 0.846. The van der Waals surface area contributed by atoms with Crippen LogP contribution in [0.15, 0.2) is 0 Å². The van der Waals surface area contributed by atoms with Gasteiger partial charge in [0.1, 0.15) is 0 Å². The molecule has 1 aliphatic heterocycles. The smallest absolute Gasteiger partial charge is 0.227 e. The number of likely N-dealkylation sites (tertiary alicyclic amines) is 1. The molecule has 1 N–H and O–H groups in total. The molecule has 0 bridgehead atoms. The lowest BCUT2D eigenvalue weighted by Crippen LogP contribution is -2.55. The highest BCUT2D eigenvalue weighted by atomic mass is 32.2. The highest BCUT2D eigenvalue weighted by molar-refractivity contribution is 7.97. The third-order valence-corrected chi connectivity index (χ3v) is 4.18. The molecule has 18 heavy (non-hydrogen) atoms. The van der Waals surface area contributed by atoms with Gasteiger partial charge in [-0.25, -0.2) is 4.72 Å². The van der Waals surface area contributed by atoms with E-state index in [0.29, 0.717) is 0 Å². The molecule has 0 aromatic carbocycles. The molecule has 1 aliphatic rings. The molecule has 4 nitrogen and oxygen atoms in total. The van der Waals surface area contributed by atoms with Crippen molar-refractivity contribution in [3.05, 3.63) is 0 Å². The van der Waals surface area contributed by atoms with Gasteiger partial charge in [0.15, 0.2) is 0 Å². The lowest BCUT2D eigenvalue weighted by Gasteiger charge is -2.42. The normalized spacial score (nSPS) is 23.5. The Morgan fingerprint density at radius 3 is 2.11 bits per heavy atom. The summed E-state index contributed by atoms with van der Waals surface area (Å²) < 4.78 is 14.8. The minimum absolute atomic E-state index is 0.178. The van der Waals surface area contributed by atoms with E-state index in [2.05, 4.69) is 17.5 Å². The Balaban J connectivity index is 2.64. The van der Waals surface area contributed by atoms with Crippen LogP contribution in [0, 0.1) is 5.41 Å². The average molecular weight is 274 g/mol. The number of hydrogen-bond acceptors (Lipinski definition) is 2. The predicted octanol–water partition coefficient (Wildman–Crippen LogP) is 1.26. The molecular weight excluding hydrogens is 248 g/mol. The van der Waals surface area contributed by atoms with Crippen LogP contribution in [0.25, 0.3) is 0 Å². The van der Waals surface area contributed by atoms with Crippen molar-refractivity contribution >= 4 is 21.5 Å². The molecule has 0 radical (unpaired) electrons. The van der Waals surface area contributed by atoms with Crippen LogP contribution in [0.3, 0.4) is 0 Å². The van der Waals surface area contributed by atoms with Gasteiger partial charge in [-0.1, -0.05) is 20.8 Å². The van der Waals surface area contributed by atoms with Crippen molar-refractivity contribution in [3.63, 3.8) is 0 Å². The van der Waals surface area contributed by atoms with Crippen LogP contribution in [-0.2, 0) is 14.5 Å². The Bertz CT molecular complexity index is 413. The second-order valence-corrected chi connectivity index (χ2v) is 8.92. The Labute approximate surface area is 111 Å². The summed E-state index contributed by atoms with van der Waals surface area (Å²) in [6.45, 7) is 9.31. The fourth-order valence-corrected chi connectivity index (χ4v) is 3.55. The fourth-order valence-electron chi connectivity index (χ4n) is 2.30. The number of carbonyl (C=O) groups excluding carboxylic acids is 1. The zero-order chi connectivity index (χ0) is 14.2. The Kier molecular flexibility index (Phi) is 4.18. The van der Waals surface area contributed by atoms with Crippen LogP contribution < -0.4 is 4.72 Å². The summed E-state index contributed by atoms with van der Waals surface area (Å²) in [5, 5.41) is 0. The monoisotopic (exact) mass is 274 g/mol. The summed E-state index contributed by atoms with van der Waals surface area (Å²) in [6, 6.07) is 0. The van der Waals surface area contributed by atoms with Gasteiger partial charge in [-0.2, -0.15) is 0 Å². The van der Waals surface area contributed by atoms with Gasteiger partial charge in [0.25, 0.3) is 0 Å². The first kappa shape index (κ1) is 15.5. The molecule has 0 aromatic heterocycles. The molecule has 1 heterocycles. The van der Waals surface area contributed by atoms with Crippen molar-refractivity contribution in [2.24, 2.45) is 5.41 Å². The van der Waals surface area contributed by atoms with Crippen molar-refractivity contribution in [2.45, 2.75) is 46.1 Å². The predicted molar refractivity (Wildman–Crippen MR) is 78.0 cm³/mol. The molecule has 0 saturated carbocycles. The van der Waals surface area contributed by atoms with Gasteiger partial charge in [-0.05, 0) is 25.6 Å². The van der Waals surface area contributed by atoms with Crippen LogP contribution in [0.2, 0.25) is 0 Å². The second kappa shape index (κ2) is 4.85. The number of nitrogens with zero attached hydrogens (tertiary/aromatic N) is 1. The summed E-state index contributed by atoms with van der Waals surface area (Å²) in [7, 11) is -2.20. The SMILES string of the molecule is C=S(C)(=O)NC1(C)CCN(C(=O)C(C)(C)C)CC1. The van der Waals surface area contributed by atoms with Crippen LogP contribution in [0.5, 0.6) is 0 Å². The molecule has 1 rings (SSSR count). The lowest BCUT2D eigenvalue weighted by atomic mass is 9.88. The topological polar surface area (TPSA) is 49.4 Å². The Morgan fingerprint density at radius 2 is 1.78 bits per heavy atom. The van der Waals surface area contributed by atoms with E-state index in [4.69, 9.17) is 0 Å². The van der Waals surface area contributed by atoms with Gasteiger partial charge in [0.2, 0.25) is 5.91 Å². The highest BCUT2D eigenvalue weighted by Gasteiger charge is 2.35. The minimum Gasteiger partial charge on any atom is -0.342 e. The second-order valence-electron chi connectivity index (χ2n) is 6.71. The summed E-state index contributed by atoms with van der Waals surface area (Å²) in [4.78, 5) is 14.1. The zero-order valence-corrected chi connectivity index (χ0v) is 13.0. The third kappa shape index (κ3) is 4.28. The van der Waals surface area contributed by atoms with Crippen LogP contribution in [-0.4, -0.2) is 45.8 Å². The number of amides is 1. The number of nitrogens with one attached hydrogen (secondary N) is 1. The van der Waals surface area contributed by atoms with Crippen molar-refractivity contribution < 1.29 is 9.00 Å². The van der Waals surface area contributed by atoms with Crippen molar-refractivity contribution in [1.29, 1.82) is 0 Å². The van der Waals surface area contributed by atoms with Gasteiger partial charge >= 0.3 is 0 Å². The molecule has 106 valence electrons. The molecule has 1 fully saturated rings. The maximum absolute atomic E-state index is 12.2. The number of carbonyl (C=O) groups is 1. The van der Waals surface area contributed by atoms with Crippen LogP contribution in [0.4, 0.5) is 0 Å². The standard InChI is InChI=1S/C13H26N2O2S/c1-12(2,3)11(16)15-9-7-13(4,8-10-15)14-18(5,6)17/h5,7-10H2,1-4,6H3,(H,14,17). The number of rotatable bonds is 2. The van der Waals surface area contributed by atoms with E-state index >= 15 is 0 Å². The van der Waals surface area contributed by atoms with E-state index in [1.165, 1.54) is 0 Å². The summed E-state index contributed by atoms with van der Waals surface area (Å²) >= 11 is 0. The maximum atomic E-state index is 12.2. The van der Waals surface area contributed by atoms with E-state index in [-0.39, 0.29) is 16.9 Å². The van der Waals surface area contributed by atoms with E-state index in [0.717, 1.165) is 25.9 Å². The molecule has 1 atom stereocenters. The first-order valence-corrected chi connectivity index (χ1v) is 8.47. The summed E-state index contributed by atoms with van der Waals surface area (Å²) in [5.74, 6) is 3.83. The zero-order valence-electron chi connectivity index (χ0n) is 12.2. The van der Waals surface area contributed by atoms with Gasteiger partial charge < -0.3 is 4.90 Å². The van der Waals surface area contributed by atoms with Crippen molar-refractivity contribution in [3.8, 4) is 0 Å². The van der Waals surface area contributed by atoms with Gasteiger partial charge in [-0.15, -0.1) is 0 Å². The largest absolute Gasteiger partial charge is 0.342 e. The minimum atomic E-state index is -2.20.